The maximum absolute atomic E-state index is 11.7. The van der Waals surface area contributed by atoms with Crippen LogP contribution < -0.4 is 0 Å². The van der Waals surface area contributed by atoms with Crippen LogP contribution in [-0.2, 0) is 37.7 Å². The van der Waals surface area contributed by atoms with Gasteiger partial charge in [0.25, 0.3) is 0 Å². The largest absolute Gasteiger partial charge is 0.400 e. The van der Waals surface area contributed by atoms with Gasteiger partial charge in [0.05, 0.1) is 19.3 Å². The highest BCUT2D eigenvalue weighted by atomic mass is 32.3. The molecule has 146 valence electrons. The van der Waals surface area contributed by atoms with Crippen LogP contribution in [0.3, 0.4) is 0 Å². The highest BCUT2D eigenvalue weighted by Crippen LogP contribution is 2.36. The maximum atomic E-state index is 11.7. The van der Waals surface area contributed by atoms with Crippen molar-refractivity contribution in [2.45, 2.75) is 50.7 Å². The first-order valence-electron chi connectivity index (χ1n) is 8.42. The second-order valence-electron chi connectivity index (χ2n) is 6.59. The Hall–Kier alpha value is -1.07. The molecule has 0 aromatic heterocycles. The van der Waals surface area contributed by atoms with Crippen molar-refractivity contribution < 1.29 is 35.7 Å². The van der Waals surface area contributed by atoms with Crippen molar-refractivity contribution in [3.8, 4) is 0 Å². The highest BCUT2D eigenvalue weighted by molar-refractivity contribution is 7.81. The Bertz CT molecular complexity index is 690. The van der Waals surface area contributed by atoms with E-state index in [4.69, 9.17) is 27.3 Å². The standard InChI is InChI=1S/C17H24O8S/c1-17(2,20-3)21-10-9-13-15-14(11-22-26(18,19)25-15)24-16(23-13)12-7-5-4-6-8-12/h4-8,13-16H,9-11H2,1-3H3/t13-,14+,15+,16?/m1/s1. The molecular weight excluding hydrogens is 364 g/mol. The molecule has 0 radical (unpaired) electrons. The Morgan fingerprint density at radius 3 is 2.62 bits per heavy atom. The summed E-state index contributed by atoms with van der Waals surface area (Å²) < 4.78 is 56.0. The fourth-order valence-electron chi connectivity index (χ4n) is 2.80. The summed E-state index contributed by atoms with van der Waals surface area (Å²) in [6.45, 7) is 3.78. The van der Waals surface area contributed by atoms with Gasteiger partial charge in [-0.05, 0) is 20.3 Å². The van der Waals surface area contributed by atoms with Crippen LogP contribution in [-0.4, -0.2) is 52.8 Å². The molecule has 0 saturated carbocycles. The third-order valence-electron chi connectivity index (χ3n) is 4.35. The van der Waals surface area contributed by atoms with Crippen molar-refractivity contribution in [1.29, 1.82) is 0 Å². The zero-order valence-electron chi connectivity index (χ0n) is 15.0. The van der Waals surface area contributed by atoms with E-state index < -0.39 is 40.8 Å². The summed E-state index contributed by atoms with van der Waals surface area (Å²) in [5.74, 6) is -0.744. The number of methoxy groups -OCH3 is 1. The van der Waals surface area contributed by atoms with Crippen molar-refractivity contribution in [3.05, 3.63) is 35.9 Å². The Morgan fingerprint density at radius 2 is 1.92 bits per heavy atom. The van der Waals surface area contributed by atoms with Crippen molar-refractivity contribution in [2.75, 3.05) is 20.3 Å². The summed E-state index contributed by atoms with van der Waals surface area (Å²) in [5, 5.41) is 0. The predicted octanol–water partition coefficient (Wildman–Crippen LogP) is 1.92. The summed E-state index contributed by atoms with van der Waals surface area (Å²) in [4.78, 5) is 0. The van der Waals surface area contributed by atoms with Crippen LogP contribution in [0.4, 0.5) is 0 Å². The van der Waals surface area contributed by atoms with Crippen LogP contribution in [0.25, 0.3) is 0 Å². The van der Waals surface area contributed by atoms with Gasteiger partial charge in [-0.2, -0.15) is 8.42 Å². The van der Waals surface area contributed by atoms with Gasteiger partial charge >= 0.3 is 10.4 Å². The summed E-state index contributed by atoms with van der Waals surface area (Å²) in [5.41, 5.74) is 0.836. The molecule has 26 heavy (non-hydrogen) atoms. The van der Waals surface area contributed by atoms with Crippen LogP contribution in [0.5, 0.6) is 0 Å². The normalized spacial score (nSPS) is 31.3. The van der Waals surface area contributed by atoms with Crippen LogP contribution in [0, 0.1) is 0 Å². The number of benzene rings is 1. The molecule has 1 aromatic rings. The van der Waals surface area contributed by atoms with Gasteiger partial charge in [-0.1, -0.05) is 30.3 Å². The monoisotopic (exact) mass is 388 g/mol. The van der Waals surface area contributed by atoms with Gasteiger partial charge in [-0.3, -0.25) is 0 Å². The summed E-state index contributed by atoms with van der Waals surface area (Å²) in [6.07, 6.45) is -2.10. The van der Waals surface area contributed by atoms with Crippen LogP contribution in [0.1, 0.15) is 32.1 Å². The average molecular weight is 388 g/mol. The lowest BCUT2D eigenvalue weighted by Crippen LogP contribution is -2.55. The number of fused-ring (bicyclic) bond motifs is 1. The maximum Gasteiger partial charge on any atom is 0.400 e. The molecule has 2 aliphatic rings. The molecule has 0 spiro atoms. The molecule has 3 rings (SSSR count). The summed E-state index contributed by atoms with van der Waals surface area (Å²) in [7, 11) is -2.50. The van der Waals surface area contributed by atoms with Gasteiger partial charge in [0.15, 0.2) is 12.1 Å². The Labute approximate surface area is 153 Å². The first-order chi connectivity index (χ1) is 12.3. The molecule has 0 amide bonds. The van der Waals surface area contributed by atoms with Gasteiger partial charge in [0.2, 0.25) is 0 Å². The summed E-state index contributed by atoms with van der Waals surface area (Å²) >= 11 is 0. The fraction of sp³-hybridized carbons (Fsp3) is 0.647. The van der Waals surface area contributed by atoms with Gasteiger partial charge in [0.1, 0.15) is 12.2 Å². The number of hydrogen-bond acceptors (Lipinski definition) is 8. The number of ether oxygens (including phenoxy) is 4. The lowest BCUT2D eigenvalue weighted by atomic mass is 10.0. The van der Waals surface area contributed by atoms with Crippen LogP contribution in [0.15, 0.2) is 30.3 Å². The molecule has 2 saturated heterocycles. The number of hydrogen-bond donors (Lipinski definition) is 0. The molecule has 2 heterocycles. The quantitative estimate of drug-likeness (QED) is 0.683. The first-order valence-corrected chi connectivity index (χ1v) is 9.75. The smallest absolute Gasteiger partial charge is 0.354 e. The SMILES string of the molecule is COC(C)(C)OCC[C@H]1OC(c2ccccc2)O[C@H]2COS(=O)(=O)O[C@H]21. The Morgan fingerprint density at radius 1 is 1.19 bits per heavy atom. The molecule has 4 atom stereocenters. The van der Waals surface area contributed by atoms with Gasteiger partial charge in [-0.15, -0.1) is 0 Å². The number of rotatable bonds is 6. The Balaban J connectivity index is 1.73. The van der Waals surface area contributed by atoms with Crippen LogP contribution in [0.2, 0.25) is 0 Å². The molecule has 0 bridgehead atoms. The van der Waals surface area contributed by atoms with Crippen LogP contribution >= 0.6 is 0 Å². The van der Waals surface area contributed by atoms with Crippen molar-refractivity contribution in [3.63, 3.8) is 0 Å². The second-order valence-corrected chi connectivity index (χ2v) is 7.83. The van der Waals surface area contributed by atoms with E-state index in [0.29, 0.717) is 13.0 Å². The lowest BCUT2D eigenvalue weighted by Gasteiger charge is -2.43. The minimum absolute atomic E-state index is 0.111. The molecule has 8 nitrogen and oxygen atoms in total. The molecule has 9 heteroatoms. The predicted molar refractivity (Wildman–Crippen MR) is 90.3 cm³/mol. The second kappa shape index (κ2) is 7.89. The van der Waals surface area contributed by atoms with E-state index in [1.54, 1.807) is 21.0 Å². The Kier molecular flexibility index (Phi) is 5.97. The van der Waals surface area contributed by atoms with E-state index in [-0.39, 0.29) is 6.61 Å². The minimum Gasteiger partial charge on any atom is -0.354 e. The van der Waals surface area contributed by atoms with Crippen molar-refractivity contribution in [1.82, 2.24) is 0 Å². The van der Waals surface area contributed by atoms with E-state index in [2.05, 4.69) is 0 Å². The zero-order valence-corrected chi connectivity index (χ0v) is 15.8. The molecule has 0 N–H and O–H groups in total. The topological polar surface area (TPSA) is 89.5 Å². The first kappa shape index (κ1) is 19.7. The van der Waals surface area contributed by atoms with Gasteiger partial charge < -0.3 is 18.9 Å². The molecule has 2 aliphatic heterocycles. The average Bonchev–Trinajstić information content (AvgIpc) is 2.62. The fourth-order valence-corrected chi connectivity index (χ4v) is 3.67. The van der Waals surface area contributed by atoms with Gasteiger partial charge in [-0.25, -0.2) is 8.37 Å². The van der Waals surface area contributed by atoms with E-state index >= 15 is 0 Å². The van der Waals surface area contributed by atoms with Gasteiger partial charge in [0, 0.05) is 12.7 Å². The van der Waals surface area contributed by atoms with Crippen molar-refractivity contribution >= 4 is 10.4 Å². The lowest BCUT2D eigenvalue weighted by molar-refractivity contribution is -0.300. The third-order valence-corrected chi connectivity index (χ3v) is 5.23. The van der Waals surface area contributed by atoms with E-state index in [9.17, 15) is 8.42 Å². The van der Waals surface area contributed by atoms with E-state index in [1.807, 2.05) is 30.3 Å². The highest BCUT2D eigenvalue weighted by Gasteiger charge is 2.47. The van der Waals surface area contributed by atoms with E-state index in [1.165, 1.54) is 0 Å². The van der Waals surface area contributed by atoms with Crippen molar-refractivity contribution in [2.24, 2.45) is 0 Å². The molecule has 2 fully saturated rings. The summed E-state index contributed by atoms with van der Waals surface area (Å²) in [6, 6.07) is 9.42. The molecular formula is C17H24O8S. The minimum atomic E-state index is -4.05. The molecule has 0 aliphatic carbocycles. The molecule has 1 unspecified atom stereocenters. The zero-order chi connectivity index (χ0) is 18.8. The van der Waals surface area contributed by atoms with E-state index in [0.717, 1.165) is 5.56 Å². The third kappa shape index (κ3) is 4.80. The molecule has 1 aromatic carbocycles.